The summed E-state index contributed by atoms with van der Waals surface area (Å²) in [5, 5.41) is 0. The van der Waals surface area contributed by atoms with Crippen molar-refractivity contribution in [2.45, 2.75) is 25.4 Å². The third-order valence-electron chi connectivity index (χ3n) is 5.58. The van der Waals surface area contributed by atoms with Crippen molar-refractivity contribution in [2.75, 3.05) is 0 Å². The van der Waals surface area contributed by atoms with Crippen molar-refractivity contribution in [1.29, 1.82) is 0 Å². The molecule has 0 fully saturated rings. The van der Waals surface area contributed by atoms with Gasteiger partial charge >= 0.3 is 0 Å². The number of benzene rings is 3. The van der Waals surface area contributed by atoms with Crippen LogP contribution in [0.25, 0.3) is 11.3 Å². The van der Waals surface area contributed by atoms with Crippen LogP contribution in [0.5, 0.6) is 0 Å². The third kappa shape index (κ3) is 3.82. The first-order valence-electron chi connectivity index (χ1n) is 10.2. The average Bonchev–Trinajstić information content (AvgIpc) is 2.78. The van der Waals surface area contributed by atoms with Crippen LogP contribution < -0.4 is 0 Å². The van der Waals surface area contributed by atoms with Gasteiger partial charge in [-0.2, -0.15) is 0 Å². The van der Waals surface area contributed by atoms with Crippen molar-refractivity contribution < 1.29 is 0 Å². The van der Waals surface area contributed by atoms with Gasteiger partial charge in [0.05, 0.1) is 6.04 Å². The summed E-state index contributed by atoms with van der Waals surface area (Å²) in [5.74, 6) is 0. The van der Waals surface area contributed by atoms with Crippen molar-refractivity contribution >= 4 is 11.3 Å². The van der Waals surface area contributed by atoms with E-state index >= 15 is 0 Å². The van der Waals surface area contributed by atoms with Gasteiger partial charge in [0.15, 0.2) is 0 Å². The summed E-state index contributed by atoms with van der Waals surface area (Å²) in [7, 11) is 0. The van der Waals surface area contributed by atoms with Gasteiger partial charge in [-0.05, 0) is 40.7 Å². The molecule has 3 aromatic rings. The molecule has 0 bridgehead atoms. The van der Waals surface area contributed by atoms with Gasteiger partial charge < -0.3 is 4.90 Å². The number of allylic oxidation sites excluding steroid dienone is 2. The van der Waals surface area contributed by atoms with E-state index < -0.39 is 0 Å². The minimum Gasteiger partial charge on any atom is -0.359 e. The fourth-order valence-corrected chi connectivity index (χ4v) is 4.36. The lowest BCUT2D eigenvalue weighted by Gasteiger charge is -2.42. The summed E-state index contributed by atoms with van der Waals surface area (Å²) in [5.41, 5.74) is 7.93. The van der Waals surface area contributed by atoms with Gasteiger partial charge in [0.1, 0.15) is 0 Å². The summed E-state index contributed by atoms with van der Waals surface area (Å²) < 4.78 is 0. The van der Waals surface area contributed by atoms with Crippen molar-refractivity contribution in [3.8, 4) is 0 Å². The molecule has 29 heavy (non-hydrogen) atoms. The number of hydrogen-bond donors (Lipinski definition) is 0. The quantitative estimate of drug-likeness (QED) is 0.392. The molecule has 4 rings (SSSR count). The van der Waals surface area contributed by atoms with Crippen LogP contribution in [-0.4, -0.2) is 4.90 Å². The zero-order valence-electron chi connectivity index (χ0n) is 16.8. The summed E-state index contributed by atoms with van der Waals surface area (Å²) in [6.45, 7) is 8.97. The maximum absolute atomic E-state index is 4.06. The molecule has 0 saturated carbocycles. The minimum atomic E-state index is 0.257. The van der Waals surface area contributed by atoms with Crippen LogP contribution >= 0.6 is 0 Å². The van der Waals surface area contributed by atoms with Crippen molar-refractivity contribution in [2.24, 2.45) is 0 Å². The normalized spacial score (nSPS) is 15.7. The lowest BCUT2D eigenvalue weighted by Crippen LogP contribution is -2.31. The maximum atomic E-state index is 4.06. The summed E-state index contributed by atoms with van der Waals surface area (Å²) in [4.78, 5) is 2.56. The monoisotopic (exact) mass is 377 g/mol. The van der Waals surface area contributed by atoms with Gasteiger partial charge in [0.25, 0.3) is 0 Å². The number of hydrogen-bond acceptors (Lipinski definition) is 1. The highest BCUT2D eigenvalue weighted by molar-refractivity contribution is 5.93. The van der Waals surface area contributed by atoms with Crippen LogP contribution in [0.4, 0.5) is 0 Å². The van der Waals surface area contributed by atoms with Crippen molar-refractivity contribution in [3.05, 3.63) is 132 Å². The first kappa shape index (κ1) is 19.0. The van der Waals surface area contributed by atoms with Crippen LogP contribution in [0.2, 0.25) is 0 Å². The molecule has 1 aliphatic heterocycles. The molecule has 144 valence electrons. The zero-order valence-corrected chi connectivity index (χ0v) is 16.8. The number of rotatable bonds is 7. The van der Waals surface area contributed by atoms with Crippen LogP contribution in [0.15, 0.2) is 110 Å². The number of nitrogens with zero attached hydrogens (tertiary/aromatic N) is 1. The van der Waals surface area contributed by atoms with E-state index in [9.17, 15) is 0 Å². The molecule has 1 aliphatic rings. The second-order valence-electron chi connectivity index (χ2n) is 7.43. The Balaban J connectivity index is 1.96. The fourth-order valence-electron chi connectivity index (χ4n) is 4.36. The molecule has 1 unspecified atom stereocenters. The molecular weight excluding hydrogens is 350 g/mol. The molecule has 1 atom stereocenters. The standard InChI is InChI=1S/C28H27N/c1-3-13-26-24-19-11-12-20-25(24)27(14-4-2)29(21-22-15-7-5-8-16-22)28(26)23-17-9-6-10-18-23/h3-12,15-20,27H,1-2,13-14,21H2. The van der Waals surface area contributed by atoms with E-state index in [-0.39, 0.29) is 6.04 Å². The SMILES string of the molecule is C=CCC1=C(c2ccccc2)N(Cc2ccccc2)C(CC=C)c2ccccc21. The molecule has 0 radical (unpaired) electrons. The number of fused-ring (bicyclic) bond motifs is 1. The van der Waals surface area contributed by atoms with E-state index in [1.54, 1.807) is 0 Å². The first-order chi connectivity index (χ1) is 14.3. The summed E-state index contributed by atoms with van der Waals surface area (Å²) in [6.07, 6.45) is 5.80. The molecule has 1 heteroatoms. The first-order valence-corrected chi connectivity index (χ1v) is 10.2. The zero-order chi connectivity index (χ0) is 20.1. The molecule has 1 nitrogen and oxygen atoms in total. The highest BCUT2D eigenvalue weighted by Crippen LogP contribution is 2.46. The Morgan fingerprint density at radius 2 is 1.41 bits per heavy atom. The Kier molecular flexibility index (Phi) is 5.76. The second-order valence-corrected chi connectivity index (χ2v) is 7.43. The van der Waals surface area contributed by atoms with Crippen LogP contribution in [0.1, 0.15) is 41.1 Å². The molecule has 3 aromatic carbocycles. The van der Waals surface area contributed by atoms with E-state index in [1.165, 1.54) is 33.5 Å². The predicted octanol–water partition coefficient (Wildman–Crippen LogP) is 7.26. The molecule has 1 heterocycles. The topological polar surface area (TPSA) is 3.24 Å². The van der Waals surface area contributed by atoms with Gasteiger partial charge in [-0.15, -0.1) is 13.2 Å². The van der Waals surface area contributed by atoms with Crippen LogP contribution in [-0.2, 0) is 6.54 Å². The van der Waals surface area contributed by atoms with E-state index in [0.29, 0.717) is 0 Å². The van der Waals surface area contributed by atoms with E-state index in [4.69, 9.17) is 0 Å². The van der Waals surface area contributed by atoms with Crippen molar-refractivity contribution in [1.82, 2.24) is 4.90 Å². The molecule has 0 amide bonds. The maximum Gasteiger partial charge on any atom is 0.0586 e. The predicted molar refractivity (Wildman–Crippen MR) is 124 cm³/mol. The van der Waals surface area contributed by atoms with E-state index in [1.807, 2.05) is 12.2 Å². The van der Waals surface area contributed by atoms with Gasteiger partial charge in [0, 0.05) is 12.2 Å². The smallest absolute Gasteiger partial charge is 0.0586 e. The fraction of sp³-hybridized carbons (Fsp3) is 0.143. The Bertz CT molecular complexity index is 1010. The Hall–Kier alpha value is -3.32. The lowest BCUT2D eigenvalue weighted by atomic mass is 9.83. The third-order valence-corrected chi connectivity index (χ3v) is 5.58. The Morgan fingerprint density at radius 3 is 2.10 bits per heavy atom. The minimum absolute atomic E-state index is 0.257. The average molecular weight is 378 g/mol. The summed E-state index contributed by atoms with van der Waals surface area (Å²) in [6, 6.07) is 30.6. The highest BCUT2D eigenvalue weighted by Gasteiger charge is 2.32. The Morgan fingerprint density at radius 1 is 0.759 bits per heavy atom. The van der Waals surface area contributed by atoms with E-state index in [0.717, 1.165) is 19.4 Å². The largest absolute Gasteiger partial charge is 0.359 e. The van der Waals surface area contributed by atoms with E-state index in [2.05, 4.69) is 103 Å². The van der Waals surface area contributed by atoms with Gasteiger partial charge in [-0.3, -0.25) is 0 Å². The van der Waals surface area contributed by atoms with Gasteiger partial charge in [-0.25, -0.2) is 0 Å². The Labute approximate surface area is 174 Å². The van der Waals surface area contributed by atoms with Gasteiger partial charge in [-0.1, -0.05) is 97.1 Å². The molecule has 0 saturated heterocycles. The molecule has 0 aromatic heterocycles. The van der Waals surface area contributed by atoms with Crippen molar-refractivity contribution in [3.63, 3.8) is 0 Å². The highest BCUT2D eigenvalue weighted by atomic mass is 15.2. The lowest BCUT2D eigenvalue weighted by molar-refractivity contribution is 0.287. The molecule has 0 N–H and O–H groups in total. The van der Waals surface area contributed by atoms with Gasteiger partial charge in [0.2, 0.25) is 0 Å². The second kappa shape index (κ2) is 8.79. The van der Waals surface area contributed by atoms with Crippen LogP contribution in [0.3, 0.4) is 0 Å². The summed E-state index contributed by atoms with van der Waals surface area (Å²) >= 11 is 0. The molecule has 0 spiro atoms. The molecule has 0 aliphatic carbocycles. The van der Waals surface area contributed by atoms with Crippen LogP contribution in [0, 0.1) is 0 Å². The molecular formula is C28H27N.